The van der Waals surface area contributed by atoms with E-state index in [4.69, 9.17) is 15.3 Å². The van der Waals surface area contributed by atoms with E-state index in [9.17, 15) is 4.79 Å². The molecule has 0 saturated carbocycles. The summed E-state index contributed by atoms with van der Waals surface area (Å²) in [5.74, 6) is -0.952. The summed E-state index contributed by atoms with van der Waals surface area (Å²) in [4.78, 5) is 11.6. The first-order chi connectivity index (χ1) is 5.20. The van der Waals surface area contributed by atoms with Crippen molar-refractivity contribution in [1.82, 2.24) is 4.90 Å². The topological polar surface area (TPSA) is 111 Å². The Morgan fingerprint density at radius 2 is 1.54 bits per heavy atom. The summed E-state index contributed by atoms with van der Waals surface area (Å²) < 4.78 is 0. The normalized spacial score (nSPS) is 8.85. The van der Waals surface area contributed by atoms with Crippen molar-refractivity contribution in [1.29, 1.82) is 0 Å². The smallest absolute Gasteiger partial charge is 0.870 e. The molecule has 13 heavy (non-hydrogen) atoms. The Kier molecular flexibility index (Phi) is 18.0. The second-order valence-electron chi connectivity index (χ2n) is 2.12. The molecule has 6 nitrogen and oxygen atoms in total. The first-order valence-corrected chi connectivity index (χ1v) is 3.36. The van der Waals surface area contributed by atoms with Gasteiger partial charge in [-0.1, -0.05) is 0 Å². The largest absolute Gasteiger partial charge is 1.00 e. The van der Waals surface area contributed by atoms with Gasteiger partial charge < -0.3 is 20.8 Å². The molecule has 0 heterocycles. The number of carboxylic acid groups (broad SMARTS) is 1. The quantitative estimate of drug-likeness (QED) is 0.373. The van der Waals surface area contributed by atoms with Gasteiger partial charge in [0.05, 0.1) is 19.8 Å². The molecule has 0 aliphatic rings. The number of nitrogens with zero attached hydrogens (tertiary/aromatic N) is 1. The molecule has 0 aliphatic carbocycles. The van der Waals surface area contributed by atoms with Crippen LogP contribution < -0.4 is 29.6 Å². The molecule has 7 heteroatoms. The van der Waals surface area contributed by atoms with E-state index in [2.05, 4.69) is 0 Å². The minimum absolute atomic E-state index is 0. The maximum Gasteiger partial charge on any atom is 1.00 e. The van der Waals surface area contributed by atoms with Crippen molar-refractivity contribution in [2.24, 2.45) is 0 Å². The van der Waals surface area contributed by atoms with Gasteiger partial charge in [0.15, 0.2) is 0 Å². The van der Waals surface area contributed by atoms with Crippen LogP contribution in [-0.2, 0) is 4.79 Å². The average molecular weight is 203 g/mol. The Balaban J connectivity index is -0.000000500. The fraction of sp³-hybridized carbons (Fsp3) is 0.833. The Morgan fingerprint density at radius 3 is 1.77 bits per heavy atom. The van der Waals surface area contributed by atoms with E-state index in [1.165, 1.54) is 4.90 Å². The molecule has 0 saturated heterocycles. The van der Waals surface area contributed by atoms with Crippen LogP contribution >= 0.6 is 0 Å². The molecule has 0 unspecified atom stereocenters. The van der Waals surface area contributed by atoms with Gasteiger partial charge in [0.2, 0.25) is 0 Å². The summed E-state index contributed by atoms with van der Waals surface area (Å²) in [5.41, 5.74) is 0. The summed E-state index contributed by atoms with van der Waals surface area (Å²) in [6.07, 6.45) is 0. The minimum Gasteiger partial charge on any atom is -0.870 e. The third-order valence-corrected chi connectivity index (χ3v) is 1.19. The van der Waals surface area contributed by atoms with Gasteiger partial charge in [-0.25, -0.2) is 0 Å². The Labute approximate surface area is 98.8 Å². The summed E-state index contributed by atoms with van der Waals surface area (Å²) >= 11 is 0. The van der Waals surface area contributed by atoms with E-state index < -0.39 is 5.97 Å². The summed E-state index contributed by atoms with van der Waals surface area (Å²) in [5, 5.41) is 25.3. The van der Waals surface area contributed by atoms with Gasteiger partial charge in [0.1, 0.15) is 0 Å². The standard InChI is InChI=1S/C6H13NO4.Na.H2O/c8-3-1-7(2-4-9)5-6(10)11;;/h8-9H,1-5H2,(H,10,11);;1H2/q;+1;/p-1. The summed E-state index contributed by atoms with van der Waals surface area (Å²) in [6.45, 7) is 0.251. The van der Waals surface area contributed by atoms with Gasteiger partial charge in [0.25, 0.3) is 0 Å². The fourth-order valence-electron chi connectivity index (χ4n) is 0.744. The van der Waals surface area contributed by atoms with Crippen LogP contribution in [0.1, 0.15) is 0 Å². The Hall–Kier alpha value is 0.310. The van der Waals surface area contributed by atoms with Crippen molar-refractivity contribution in [2.75, 3.05) is 32.8 Å². The third kappa shape index (κ3) is 12.3. The van der Waals surface area contributed by atoms with Crippen LogP contribution in [0.2, 0.25) is 0 Å². The van der Waals surface area contributed by atoms with Crippen molar-refractivity contribution >= 4 is 5.97 Å². The van der Waals surface area contributed by atoms with Crippen molar-refractivity contribution in [2.45, 2.75) is 0 Å². The Bertz CT molecular complexity index is 118. The van der Waals surface area contributed by atoms with Crippen LogP contribution in [0, 0.1) is 0 Å². The molecule has 0 spiro atoms. The molecule has 0 aliphatic heterocycles. The number of hydrogen-bond acceptors (Lipinski definition) is 5. The second-order valence-corrected chi connectivity index (χ2v) is 2.12. The van der Waals surface area contributed by atoms with Crippen LogP contribution in [0.5, 0.6) is 0 Å². The van der Waals surface area contributed by atoms with Gasteiger partial charge in [-0.05, 0) is 0 Å². The van der Waals surface area contributed by atoms with Crippen molar-refractivity contribution in [3.8, 4) is 0 Å². The zero-order valence-electron chi connectivity index (χ0n) is 7.68. The van der Waals surface area contributed by atoms with E-state index in [-0.39, 0.29) is 67.9 Å². The predicted molar refractivity (Wildman–Crippen MR) is 40.2 cm³/mol. The third-order valence-electron chi connectivity index (χ3n) is 1.19. The first-order valence-electron chi connectivity index (χ1n) is 3.36. The van der Waals surface area contributed by atoms with E-state index >= 15 is 0 Å². The molecule has 0 radical (unpaired) electrons. The molecule has 0 amide bonds. The second kappa shape index (κ2) is 12.3. The number of rotatable bonds is 6. The SMILES string of the molecule is O=C(O)CN(CCO)CCO.[Na+].[OH-]. The minimum atomic E-state index is -0.952. The fourth-order valence-corrected chi connectivity index (χ4v) is 0.744. The number of aliphatic carboxylic acids is 1. The molecule has 0 aromatic heterocycles. The number of aliphatic hydroxyl groups is 2. The van der Waals surface area contributed by atoms with Crippen LogP contribution in [0.15, 0.2) is 0 Å². The van der Waals surface area contributed by atoms with Gasteiger partial charge in [0, 0.05) is 13.1 Å². The zero-order valence-corrected chi connectivity index (χ0v) is 9.68. The Morgan fingerprint density at radius 1 is 1.15 bits per heavy atom. The van der Waals surface area contributed by atoms with Crippen LogP contribution in [0.3, 0.4) is 0 Å². The summed E-state index contributed by atoms with van der Waals surface area (Å²) in [6, 6.07) is 0. The van der Waals surface area contributed by atoms with Crippen LogP contribution in [-0.4, -0.2) is 64.5 Å². The maximum atomic E-state index is 10.2. The van der Waals surface area contributed by atoms with E-state index in [1.807, 2.05) is 0 Å². The van der Waals surface area contributed by atoms with E-state index in [0.29, 0.717) is 0 Å². The number of hydrogen-bond donors (Lipinski definition) is 3. The maximum absolute atomic E-state index is 10.2. The molecule has 0 atom stereocenters. The molecule has 4 N–H and O–H groups in total. The number of aliphatic hydroxyl groups excluding tert-OH is 2. The van der Waals surface area contributed by atoms with Gasteiger partial charge in [-0.2, -0.15) is 0 Å². The molecular weight excluding hydrogens is 189 g/mol. The monoisotopic (exact) mass is 203 g/mol. The molecule has 0 fully saturated rings. The van der Waals surface area contributed by atoms with Crippen LogP contribution in [0.25, 0.3) is 0 Å². The first kappa shape index (κ1) is 19.0. The molecule has 0 aromatic rings. The van der Waals surface area contributed by atoms with Gasteiger partial charge in [-0.3, -0.25) is 9.69 Å². The average Bonchev–Trinajstić information content (AvgIpc) is 1.87. The molecule has 74 valence electrons. The predicted octanol–water partition coefficient (Wildman–Crippen LogP) is -4.82. The zero-order chi connectivity index (χ0) is 8.69. The molecule has 0 aromatic carbocycles. The van der Waals surface area contributed by atoms with E-state index in [1.54, 1.807) is 0 Å². The van der Waals surface area contributed by atoms with E-state index in [0.717, 1.165) is 0 Å². The van der Waals surface area contributed by atoms with Crippen molar-refractivity contribution in [3.05, 3.63) is 0 Å². The number of carboxylic acids is 1. The molecular formula is C6H14NNaO5. The number of carbonyl (C=O) groups is 1. The van der Waals surface area contributed by atoms with Gasteiger partial charge >= 0.3 is 35.5 Å². The van der Waals surface area contributed by atoms with Crippen LogP contribution in [0.4, 0.5) is 0 Å². The summed E-state index contributed by atoms with van der Waals surface area (Å²) in [7, 11) is 0. The van der Waals surface area contributed by atoms with Crippen molar-refractivity contribution in [3.63, 3.8) is 0 Å². The molecule has 0 bridgehead atoms. The van der Waals surface area contributed by atoms with Gasteiger partial charge in [-0.15, -0.1) is 0 Å². The van der Waals surface area contributed by atoms with Crippen molar-refractivity contribution < 1.29 is 55.1 Å². The molecule has 0 rings (SSSR count).